The summed E-state index contributed by atoms with van der Waals surface area (Å²) in [5, 5.41) is 2.64. The summed E-state index contributed by atoms with van der Waals surface area (Å²) in [7, 11) is 0. The van der Waals surface area contributed by atoms with Crippen molar-refractivity contribution < 1.29 is 4.79 Å². The van der Waals surface area contributed by atoms with Crippen LogP contribution in [0.1, 0.15) is 10.5 Å². The van der Waals surface area contributed by atoms with Gasteiger partial charge in [0, 0.05) is 24.8 Å². The molecule has 0 aliphatic rings. The molecule has 0 aliphatic heterocycles. The van der Waals surface area contributed by atoms with Gasteiger partial charge >= 0.3 is 0 Å². The molecule has 8 nitrogen and oxygen atoms in total. The van der Waals surface area contributed by atoms with Gasteiger partial charge < -0.3 is 5.32 Å². The first-order valence-electron chi connectivity index (χ1n) is 5.71. The van der Waals surface area contributed by atoms with Gasteiger partial charge in [-0.3, -0.25) is 14.3 Å². The first-order valence-corrected chi connectivity index (χ1v) is 5.71. The second-order valence-electron chi connectivity index (χ2n) is 3.79. The Kier molecular flexibility index (Phi) is 3.11. The number of nitrogens with one attached hydrogen (secondary N) is 1. The van der Waals surface area contributed by atoms with Gasteiger partial charge in [-0.15, -0.1) is 0 Å². The molecule has 0 unspecified atom stereocenters. The van der Waals surface area contributed by atoms with E-state index in [1.54, 1.807) is 23.3 Å². The maximum Gasteiger partial charge on any atom is 0.275 e. The zero-order valence-corrected chi connectivity index (χ0v) is 10.2. The highest BCUT2D eigenvalue weighted by atomic mass is 16.1. The second-order valence-corrected chi connectivity index (χ2v) is 3.79. The smallest absolute Gasteiger partial charge is 0.275 e. The average molecular weight is 267 g/mol. The van der Waals surface area contributed by atoms with E-state index >= 15 is 0 Å². The molecule has 0 saturated carbocycles. The van der Waals surface area contributed by atoms with Gasteiger partial charge in [0.15, 0.2) is 0 Å². The van der Waals surface area contributed by atoms with Crippen molar-refractivity contribution >= 4 is 11.6 Å². The van der Waals surface area contributed by atoms with Gasteiger partial charge in [0.25, 0.3) is 5.91 Å². The third-order valence-electron chi connectivity index (χ3n) is 2.43. The number of nitrogens with zero attached hydrogens (tertiary/aromatic N) is 6. The standard InChI is InChI=1S/C12H9N7O/c20-11(10-7-13-1-2-15-10)18-9-5-16-12(17-6-9)19-4-3-14-8-19/h1-8H,(H,18,20). The van der Waals surface area contributed by atoms with Crippen LogP contribution in [0.5, 0.6) is 0 Å². The minimum absolute atomic E-state index is 0.228. The number of amides is 1. The summed E-state index contributed by atoms with van der Waals surface area (Å²) in [4.78, 5) is 31.7. The molecule has 1 N–H and O–H groups in total. The van der Waals surface area contributed by atoms with Gasteiger partial charge in [-0.05, 0) is 0 Å². The Hall–Kier alpha value is -3.16. The topological polar surface area (TPSA) is 98.5 Å². The van der Waals surface area contributed by atoms with Crippen LogP contribution in [-0.4, -0.2) is 35.4 Å². The molecule has 3 aromatic heterocycles. The molecule has 0 radical (unpaired) electrons. The Morgan fingerprint density at radius 2 is 1.85 bits per heavy atom. The number of carbonyl (C=O) groups is 1. The summed E-state index contributed by atoms with van der Waals surface area (Å²) in [5.74, 6) is 0.108. The van der Waals surface area contributed by atoms with Crippen molar-refractivity contribution in [1.29, 1.82) is 0 Å². The maximum atomic E-state index is 11.8. The molecule has 8 heteroatoms. The van der Waals surface area contributed by atoms with E-state index in [0.29, 0.717) is 11.6 Å². The van der Waals surface area contributed by atoms with E-state index in [4.69, 9.17) is 0 Å². The van der Waals surface area contributed by atoms with Gasteiger partial charge in [0.1, 0.15) is 12.0 Å². The SMILES string of the molecule is O=C(Nc1cnc(-n2ccnc2)nc1)c1cnccn1. The molecular weight excluding hydrogens is 258 g/mol. The molecule has 3 heterocycles. The van der Waals surface area contributed by atoms with E-state index in [9.17, 15) is 4.79 Å². The van der Waals surface area contributed by atoms with Crippen molar-refractivity contribution in [2.24, 2.45) is 0 Å². The predicted molar refractivity (Wildman–Crippen MR) is 69.1 cm³/mol. The van der Waals surface area contributed by atoms with Gasteiger partial charge in [0.2, 0.25) is 5.95 Å². The Labute approximate surface area is 113 Å². The molecular formula is C12H9N7O. The van der Waals surface area contributed by atoms with Crippen LogP contribution in [0, 0.1) is 0 Å². The molecule has 0 spiro atoms. The van der Waals surface area contributed by atoms with Gasteiger partial charge in [0.05, 0.1) is 24.3 Å². The maximum absolute atomic E-state index is 11.8. The molecule has 1 amide bonds. The summed E-state index contributed by atoms with van der Waals surface area (Å²) >= 11 is 0. The van der Waals surface area contributed by atoms with Crippen molar-refractivity contribution in [1.82, 2.24) is 29.5 Å². The van der Waals surface area contributed by atoms with E-state index in [1.807, 2.05) is 0 Å². The van der Waals surface area contributed by atoms with Crippen LogP contribution < -0.4 is 5.32 Å². The Morgan fingerprint density at radius 3 is 2.50 bits per heavy atom. The van der Waals surface area contributed by atoms with Crippen molar-refractivity contribution in [3.05, 3.63) is 55.4 Å². The number of hydrogen-bond acceptors (Lipinski definition) is 6. The fourth-order valence-electron chi connectivity index (χ4n) is 1.51. The molecule has 3 rings (SSSR count). The van der Waals surface area contributed by atoms with Crippen LogP contribution in [0.3, 0.4) is 0 Å². The summed E-state index contributed by atoms with van der Waals surface area (Å²) in [5.41, 5.74) is 0.704. The number of hydrogen-bond donors (Lipinski definition) is 1. The third kappa shape index (κ3) is 2.48. The highest BCUT2D eigenvalue weighted by molar-refractivity contribution is 6.02. The molecule has 0 aliphatic carbocycles. The quantitative estimate of drug-likeness (QED) is 0.750. The molecule has 98 valence electrons. The Bertz CT molecular complexity index is 694. The molecule has 0 fully saturated rings. The zero-order chi connectivity index (χ0) is 13.8. The number of aromatic nitrogens is 6. The largest absolute Gasteiger partial charge is 0.318 e. The molecule has 0 atom stereocenters. The van der Waals surface area contributed by atoms with Crippen molar-refractivity contribution in [2.75, 3.05) is 5.32 Å². The van der Waals surface area contributed by atoms with Gasteiger partial charge in [-0.1, -0.05) is 0 Å². The first-order chi connectivity index (χ1) is 9.83. The number of anilines is 1. The lowest BCUT2D eigenvalue weighted by Crippen LogP contribution is -2.14. The van der Waals surface area contributed by atoms with Crippen LogP contribution in [0.4, 0.5) is 5.69 Å². The van der Waals surface area contributed by atoms with E-state index in [-0.39, 0.29) is 11.6 Å². The van der Waals surface area contributed by atoms with Crippen molar-refractivity contribution in [3.8, 4) is 5.95 Å². The third-order valence-corrected chi connectivity index (χ3v) is 2.43. The number of imidazole rings is 1. The molecule has 0 bridgehead atoms. The minimum Gasteiger partial charge on any atom is -0.318 e. The van der Waals surface area contributed by atoms with Crippen LogP contribution in [0.15, 0.2) is 49.7 Å². The lowest BCUT2D eigenvalue weighted by atomic mass is 10.4. The van der Waals surface area contributed by atoms with Crippen LogP contribution >= 0.6 is 0 Å². The second kappa shape index (κ2) is 5.22. The average Bonchev–Trinajstić information content (AvgIpc) is 3.03. The first kappa shape index (κ1) is 11.9. The van der Waals surface area contributed by atoms with E-state index in [2.05, 4.69) is 30.2 Å². The predicted octanol–water partition coefficient (Wildman–Crippen LogP) is 0.705. The monoisotopic (exact) mass is 267 g/mol. The summed E-state index contributed by atoms with van der Waals surface area (Å²) in [6.45, 7) is 0. The number of rotatable bonds is 3. The summed E-state index contributed by atoms with van der Waals surface area (Å²) < 4.78 is 1.66. The Morgan fingerprint density at radius 1 is 1.00 bits per heavy atom. The highest BCUT2D eigenvalue weighted by Crippen LogP contribution is 2.07. The molecule has 3 aromatic rings. The summed E-state index contributed by atoms with van der Waals surface area (Å²) in [6.07, 6.45) is 12.3. The van der Waals surface area contributed by atoms with E-state index in [0.717, 1.165) is 0 Å². The summed E-state index contributed by atoms with van der Waals surface area (Å²) in [6, 6.07) is 0. The minimum atomic E-state index is -0.364. The highest BCUT2D eigenvalue weighted by Gasteiger charge is 2.08. The Balaban J connectivity index is 1.74. The fourth-order valence-corrected chi connectivity index (χ4v) is 1.51. The van der Waals surface area contributed by atoms with E-state index < -0.39 is 0 Å². The zero-order valence-electron chi connectivity index (χ0n) is 10.2. The number of carbonyl (C=O) groups excluding carboxylic acids is 1. The van der Waals surface area contributed by atoms with Crippen LogP contribution in [0.25, 0.3) is 5.95 Å². The molecule has 0 aromatic carbocycles. The van der Waals surface area contributed by atoms with Crippen molar-refractivity contribution in [2.45, 2.75) is 0 Å². The lowest BCUT2D eigenvalue weighted by Gasteiger charge is -2.04. The fraction of sp³-hybridized carbons (Fsp3) is 0. The van der Waals surface area contributed by atoms with Crippen LogP contribution in [-0.2, 0) is 0 Å². The normalized spacial score (nSPS) is 10.2. The van der Waals surface area contributed by atoms with Gasteiger partial charge in [-0.25, -0.2) is 19.9 Å². The molecule has 0 saturated heterocycles. The molecule has 20 heavy (non-hydrogen) atoms. The van der Waals surface area contributed by atoms with Gasteiger partial charge in [-0.2, -0.15) is 0 Å². The van der Waals surface area contributed by atoms with E-state index in [1.165, 1.54) is 31.0 Å². The van der Waals surface area contributed by atoms with Crippen molar-refractivity contribution in [3.63, 3.8) is 0 Å². The van der Waals surface area contributed by atoms with Crippen LogP contribution in [0.2, 0.25) is 0 Å². The lowest BCUT2D eigenvalue weighted by molar-refractivity contribution is 0.102.